The number of thioether (sulfide) groups is 1. The highest BCUT2D eigenvalue weighted by molar-refractivity contribution is 8.18. The van der Waals surface area contributed by atoms with E-state index in [9.17, 15) is 9.59 Å². The van der Waals surface area contributed by atoms with Gasteiger partial charge in [0.25, 0.3) is 5.91 Å². The lowest BCUT2D eigenvalue weighted by molar-refractivity contribution is -0.115. The maximum Gasteiger partial charge on any atom is 0.264 e. The van der Waals surface area contributed by atoms with Gasteiger partial charge in [-0.05, 0) is 60.3 Å². The fourth-order valence-corrected chi connectivity index (χ4v) is 3.76. The van der Waals surface area contributed by atoms with Crippen LogP contribution in [0.5, 0.6) is 0 Å². The fourth-order valence-electron chi connectivity index (χ4n) is 2.77. The maximum atomic E-state index is 12.3. The van der Waals surface area contributed by atoms with Gasteiger partial charge in [-0.2, -0.15) is 0 Å². The van der Waals surface area contributed by atoms with E-state index in [1.807, 2.05) is 30.3 Å². The van der Waals surface area contributed by atoms with Crippen LogP contribution < -0.4 is 10.6 Å². The van der Waals surface area contributed by atoms with Gasteiger partial charge in [0.2, 0.25) is 5.91 Å². The van der Waals surface area contributed by atoms with E-state index in [4.69, 9.17) is 16.0 Å². The highest BCUT2D eigenvalue weighted by Gasteiger charge is 2.24. The first-order valence-corrected chi connectivity index (χ1v) is 10.2. The molecular weight excluding hydrogens is 422 g/mol. The Labute approximate surface area is 182 Å². The molecule has 1 fully saturated rings. The summed E-state index contributed by atoms with van der Waals surface area (Å²) in [6.07, 6.45) is 1.67. The van der Waals surface area contributed by atoms with E-state index in [1.165, 1.54) is 18.7 Å². The average Bonchev–Trinajstić information content (AvgIpc) is 3.31. The van der Waals surface area contributed by atoms with Gasteiger partial charge in [0.05, 0.1) is 15.6 Å². The quantitative estimate of drug-likeness (QED) is 0.531. The monoisotopic (exact) mass is 437 g/mol. The summed E-state index contributed by atoms with van der Waals surface area (Å²) in [4.78, 5) is 28.3. The van der Waals surface area contributed by atoms with Crippen LogP contribution in [0.1, 0.15) is 12.7 Å². The van der Waals surface area contributed by atoms with Crippen LogP contribution in [0.25, 0.3) is 17.4 Å². The molecule has 3 aromatic rings. The first kappa shape index (κ1) is 20.0. The molecule has 30 heavy (non-hydrogen) atoms. The molecule has 0 atom stereocenters. The Hall–Kier alpha value is -3.29. The first-order chi connectivity index (χ1) is 14.5. The average molecular weight is 438 g/mol. The van der Waals surface area contributed by atoms with Crippen molar-refractivity contribution in [3.8, 4) is 11.3 Å². The number of aliphatic imine (C=N–C) groups is 1. The van der Waals surface area contributed by atoms with Crippen LogP contribution in [-0.4, -0.2) is 17.0 Å². The minimum atomic E-state index is -0.247. The maximum absolute atomic E-state index is 12.3. The molecule has 8 heteroatoms. The predicted octanol–water partition coefficient (Wildman–Crippen LogP) is 5.45. The summed E-state index contributed by atoms with van der Waals surface area (Å²) in [6, 6.07) is 18.1. The number of nitrogens with one attached hydrogen (secondary N) is 2. The fraction of sp³-hybridized carbons (Fsp3) is 0.0455. The second-order valence-corrected chi connectivity index (χ2v) is 7.83. The Kier molecular flexibility index (Phi) is 5.74. The Bertz CT molecular complexity index is 1180. The third kappa shape index (κ3) is 4.64. The van der Waals surface area contributed by atoms with Gasteiger partial charge in [-0.15, -0.1) is 0 Å². The molecule has 0 aliphatic carbocycles. The van der Waals surface area contributed by atoms with Crippen molar-refractivity contribution in [1.82, 2.24) is 5.32 Å². The molecule has 0 unspecified atom stereocenters. The molecule has 2 heterocycles. The van der Waals surface area contributed by atoms with Gasteiger partial charge < -0.3 is 15.1 Å². The van der Waals surface area contributed by atoms with E-state index in [-0.39, 0.29) is 11.8 Å². The van der Waals surface area contributed by atoms with Crippen molar-refractivity contribution in [3.05, 3.63) is 76.4 Å². The van der Waals surface area contributed by atoms with Crippen LogP contribution in [0, 0.1) is 0 Å². The SMILES string of the molecule is CC(=O)Nc1ccc(-c2ccc(/C=C3/SC(=Nc4ccccc4Cl)NC3=O)o2)cc1. The molecule has 0 spiro atoms. The van der Waals surface area contributed by atoms with E-state index in [1.54, 1.807) is 36.4 Å². The molecule has 1 saturated heterocycles. The number of rotatable bonds is 4. The van der Waals surface area contributed by atoms with E-state index in [0.717, 1.165) is 5.56 Å². The van der Waals surface area contributed by atoms with Crippen molar-refractivity contribution in [1.29, 1.82) is 0 Å². The number of halogens is 1. The van der Waals surface area contributed by atoms with E-state index >= 15 is 0 Å². The van der Waals surface area contributed by atoms with Crippen LogP contribution in [-0.2, 0) is 9.59 Å². The molecule has 1 aromatic heterocycles. The predicted molar refractivity (Wildman–Crippen MR) is 121 cm³/mol. The molecule has 0 saturated carbocycles. The van der Waals surface area contributed by atoms with Crippen LogP contribution in [0.15, 0.2) is 75.0 Å². The smallest absolute Gasteiger partial charge is 0.264 e. The summed E-state index contributed by atoms with van der Waals surface area (Å²) in [5.41, 5.74) is 2.16. The third-order valence-corrected chi connectivity index (χ3v) is 5.34. The first-order valence-electron chi connectivity index (χ1n) is 9.00. The van der Waals surface area contributed by atoms with Gasteiger partial charge in [-0.25, -0.2) is 4.99 Å². The van der Waals surface area contributed by atoms with Crippen LogP contribution in [0.4, 0.5) is 11.4 Å². The van der Waals surface area contributed by atoms with Crippen molar-refractivity contribution in [2.45, 2.75) is 6.92 Å². The lowest BCUT2D eigenvalue weighted by Crippen LogP contribution is -2.19. The lowest BCUT2D eigenvalue weighted by Gasteiger charge is -2.02. The number of nitrogens with zero attached hydrogens (tertiary/aromatic N) is 1. The molecule has 150 valence electrons. The van der Waals surface area contributed by atoms with E-state index in [2.05, 4.69) is 15.6 Å². The number of anilines is 1. The minimum Gasteiger partial charge on any atom is -0.457 e. The summed E-state index contributed by atoms with van der Waals surface area (Å²) in [6.45, 7) is 1.46. The second-order valence-electron chi connectivity index (χ2n) is 6.39. The van der Waals surface area contributed by atoms with Gasteiger partial charge in [0, 0.05) is 24.3 Å². The number of amides is 2. The van der Waals surface area contributed by atoms with Crippen molar-refractivity contribution in [2.75, 3.05) is 5.32 Å². The van der Waals surface area contributed by atoms with Gasteiger partial charge in [-0.1, -0.05) is 23.7 Å². The lowest BCUT2D eigenvalue weighted by atomic mass is 10.1. The number of furan rings is 1. The topological polar surface area (TPSA) is 83.7 Å². The molecule has 2 aromatic carbocycles. The normalized spacial score (nSPS) is 16.1. The Morgan fingerprint density at radius 3 is 2.63 bits per heavy atom. The minimum absolute atomic E-state index is 0.126. The van der Waals surface area contributed by atoms with Crippen LogP contribution >= 0.6 is 23.4 Å². The molecule has 2 amide bonds. The Morgan fingerprint density at radius 2 is 1.90 bits per heavy atom. The number of carbonyl (C=O) groups is 2. The Morgan fingerprint density at radius 1 is 1.13 bits per heavy atom. The van der Waals surface area contributed by atoms with Crippen molar-refractivity contribution in [3.63, 3.8) is 0 Å². The van der Waals surface area contributed by atoms with Crippen LogP contribution in [0.2, 0.25) is 5.02 Å². The summed E-state index contributed by atoms with van der Waals surface area (Å²) >= 11 is 7.34. The zero-order valence-electron chi connectivity index (χ0n) is 15.8. The second kappa shape index (κ2) is 8.61. The molecule has 2 N–H and O–H groups in total. The van der Waals surface area contributed by atoms with E-state index < -0.39 is 0 Å². The van der Waals surface area contributed by atoms with Crippen molar-refractivity contribution >= 4 is 57.8 Å². The number of para-hydroxylation sites is 1. The largest absolute Gasteiger partial charge is 0.457 e. The molecule has 0 radical (unpaired) electrons. The standard InChI is InChI=1S/C22H16ClN3O3S/c1-13(27)24-15-8-6-14(7-9-15)19-11-10-16(29-19)12-20-21(28)26-22(30-20)25-18-5-3-2-4-17(18)23/h2-12H,1H3,(H,24,27)(H,25,26,28)/b20-12+. The highest BCUT2D eigenvalue weighted by atomic mass is 35.5. The zero-order valence-corrected chi connectivity index (χ0v) is 17.4. The molecular formula is C22H16ClN3O3S. The molecule has 1 aliphatic rings. The van der Waals surface area contributed by atoms with Gasteiger partial charge in [0.15, 0.2) is 5.17 Å². The summed E-state index contributed by atoms with van der Waals surface area (Å²) < 4.78 is 5.86. The van der Waals surface area contributed by atoms with Gasteiger partial charge >= 0.3 is 0 Å². The molecule has 6 nitrogen and oxygen atoms in total. The van der Waals surface area contributed by atoms with Crippen LogP contribution in [0.3, 0.4) is 0 Å². The zero-order chi connectivity index (χ0) is 21.1. The summed E-state index contributed by atoms with van der Waals surface area (Å²) in [5.74, 6) is 0.833. The Balaban J connectivity index is 1.51. The number of benzene rings is 2. The summed E-state index contributed by atoms with van der Waals surface area (Å²) in [5, 5.41) is 6.42. The molecule has 4 rings (SSSR count). The summed E-state index contributed by atoms with van der Waals surface area (Å²) in [7, 11) is 0. The highest BCUT2D eigenvalue weighted by Crippen LogP contribution is 2.32. The number of hydrogen-bond donors (Lipinski definition) is 2. The number of carbonyl (C=O) groups excluding carboxylic acids is 2. The third-order valence-electron chi connectivity index (χ3n) is 4.12. The van der Waals surface area contributed by atoms with Crippen molar-refractivity contribution < 1.29 is 14.0 Å². The number of amidine groups is 1. The number of hydrogen-bond acceptors (Lipinski definition) is 5. The van der Waals surface area contributed by atoms with E-state index in [0.29, 0.717) is 38.0 Å². The molecule has 1 aliphatic heterocycles. The van der Waals surface area contributed by atoms with Crippen molar-refractivity contribution in [2.24, 2.45) is 4.99 Å². The van der Waals surface area contributed by atoms with Gasteiger partial charge in [-0.3, -0.25) is 9.59 Å². The molecule has 0 bridgehead atoms. The van der Waals surface area contributed by atoms with Gasteiger partial charge in [0.1, 0.15) is 11.5 Å².